The summed E-state index contributed by atoms with van der Waals surface area (Å²) in [5, 5.41) is 0. The predicted molar refractivity (Wildman–Crippen MR) is 103 cm³/mol. The average molecular weight is 414 g/mol. The Bertz CT molecular complexity index is 389. The molecule has 0 amide bonds. The molecule has 0 saturated heterocycles. The molecule has 3 atom stereocenters. The molecule has 0 aliphatic rings. The molecule has 164 valence electrons. The fourth-order valence-corrected chi connectivity index (χ4v) is 3.76. The van der Waals surface area contributed by atoms with Gasteiger partial charge in [-0.15, -0.1) is 0 Å². The average Bonchev–Trinajstić information content (AvgIpc) is 2.62. The Hall–Kier alpha value is -0.0500. The van der Waals surface area contributed by atoms with Crippen molar-refractivity contribution in [2.24, 2.45) is 0 Å². The monoisotopic (exact) mass is 414 g/mol. The fraction of sp³-hybridized carbons (Fsp3) is 1.00. The van der Waals surface area contributed by atoms with Gasteiger partial charge in [-0.1, -0.05) is 27.7 Å². The van der Waals surface area contributed by atoms with Crippen LogP contribution in [0.15, 0.2) is 0 Å². The Morgan fingerprint density at radius 2 is 1.33 bits per heavy atom. The van der Waals surface area contributed by atoms with Crippen LogP contribution in [-0.2, 0) is 37.1 Å². The van der Waals surface area contributed by atoms with Crippen molar-refractivity contribution in [1.29, 1.82) is 0 Å². The molecule has 8 nitrogen and oxygen atoms in total. The minimum absolute atomic E-state index is 0.0780. The van der Waals surface area contributed by atoms with Gasteiger partial charge in [0.25, 0.3) is 0 Å². The SMILES string of the molecule is CCCOC(C)OP(=O)(OC(C)OCCC)OC(CC)(COC)OCCC. The number of ether oxygens (including phenoxy) is 4. The van der Waals surface area contributed by atoms with Crippen molar-refractivity contribution in [3.8, 4) is 0 Å². The van der Waals surface area contributed by atoms with Gasteiger partial charge >= 0.3 is 7.82 Å². The van der Waals surface area contributed by atoms with Crippen LogP contribution in [-0.4, -0.2) is 51.9 Å². The van der Waals surface area contributed by atoms with Crippen molar-refractivity contribution in [2.75, 3.05) is 33.5 Å². The van der Waals surface area contributed by atoms with Gasteiger partial charge in [0.05, 0.1) is 0 Å². The van der Waals surface area contributed by atoms with Crippen LogP contribution in [0, 0.1) is 0 Å². The molecule has 0 bridgehead atoms. The van der Waals surface area contributed by atoms with Crippen LogP contribution < -0.4 is 0 Å². The van der Waals surface area contributed by atoms with E-state index in [0.717, 1.165) is 19.3 Å². The maximum atomic E-state index is 13.4. The molecule has 0 aliphatic carbocycles. The van der Waals surface area contributed by atoms with Gasteiger partial charge in [-0.25, -0.2) is 4.57 Å². The number of phosphoric acid groups is 1. The van der Waals surface area contributed by atoms with Gasteiger partial charge in [-0.2, -0.15) is 0 Å². The van der Waals surface area contributed by atoms with Crippen LogP contribution in [0.2, 0.25) is 0 Å². The molecule has 9 heteroatoms. The minimum Gasteiger partial charge on any atom is -0.379 e. The highest BCUT2D eigenvalue weighted by molar-refractivity contribution is 7.48. The first kappa shape index (κ1) is 27.0. The third-order valence-corrected chi connectivity index (χ3v) is 5.09. The molecule has 0 radical (unpaired) electrons. The van der Waals surface area contributed by atoms with Gasteiger partial charge in [0, 0.05) is 33.4 Å². The van der Waals surface area contributed by atoms with Crippen molar-refractivity contribution in [1.82, 2.24) is 0 Å². The topological polar surface area (TPSA) is 81.7 Å². The second-order valence-corrected chi connectivity index (χ2v) is 7.67. The van der Waals surface area contributed by atoms with Crippen molar-refractivity contribution in [3.63, 3.8) is 0 Å². The quantitative estimate of drug-likeness (QED) is 0.232. The molecule has 0 saturated carbocycles. The first-order chi connectivity index (χ1) is 12.8. The molecule has 0 fully saturated rings. The molecular weight excluding hydrogens is 375 g/mol. The van der Waals surface area contributed by atoms with Crippen LogP contribution >= 0.6 is 7.82 Å². The second-order valence-electron chi connectivity index (χ2n) is 6.17. The first-order valence-corrected chi connectivity index (χ1v) is 11.3. The highest BCUT2D eigenvalue weighted by atomic mass is 31.2. The number of hydrogen-bond acceptors (Lipinski definition) is 8. The van der Waals surface area contributed by atoms with Crippen LogP contribution in [0.4, 0.5) is 0 Å². The van der Waals surface area contributed by atoms with Crippen molar-refractivity contribution in [2.45, 2.75) is 85.6 Å². The molecule has 0 aromatic carbocycles. The first-order valence-electron chi connectivity index (χ1n) is 9.83. The Morgan fingerprint density at radius 3 is 1.70 bits per heavy atom. The number of methoxy groups -OCH3 is 1. The summed E-state index contributed by atoms with van der Waals surface area (Å²) < 4.78 is 52.3. The predicted octanol–water partition coefficient (Wildman–Crippen LogP) is 4.87. The maximum absolute atomic E-state index is 13.4. The molecule has 0 aromatic rings. The van der Waals surface area contributed by atoms with Crippen LogP contribution in [0.3, 0.4) is 0 Å². The van der Waals surface area contributed by atoms with E-state index in [-0.39, 0.29) is 6.61 Å². The summed E-state index contributed by atoms with van der Waals surface area (Å²) >= 11 is 0. The maximum Gasteiger partial charge on any atom is 0.482 e. The van der Waals surface area contributed by atoms with Crippen LogP contribution in [0.25, 0.3) is 0 Å². The van der Waals surface area contributed by atoms with E-state index in [9.17, 15) is 4.57 Å². The molecule has 0 rings (SSSR count). The van der Waals surface area contributed by atoms with Crippen LogP contribution in [0.5, 0.6) is 0 Å². The zero-order valence-electron chi connectivity index (χ0n) is 18.0. The number of rotatable bonds is 18. The van der Waals surface area contributed by atoms with E-state index < -0.39 is 26.2 Å². The fourth-order valence-electron chi connectivity index (χ4n) is 2.13. The third-order valence-electron chi connectivity index (χ3n) is 3.42. The molecular formula is C18H39O8P. The second kappa shape index (κ2) is 14.9. The smallest absolute Gasteiger partial charge is 0.379 e. The summed E-state index contributed by atoms with van der Waals surface area (Å²) in [4.78, 5) is 0. The highest BCUT2D eigenvalue weighted by Gasteiger charge is 2.44. The van der Waals surface area contributed by atoms with Gasteiger partial charge in [-0.05, 0) is 33.1 Å². The summed E-state index contributed by atoms with van der Waals surface area (Å²) in [5.41, 5.74) is 0. The Kier molecular flexibility index (Phi) is 14.9. The third kappa shape index (κ3) is 11.5. The van der Waals surface area contributed by atoms with Gasteiger partial charge in [0.2, 0.25) is 5.79 Å². The number of phosphoric ester groups is 1. The van der Waals surface area contributed by atoms with E-state index in [4.69, 9.17) is 32.5 Å². The highest BCUT2D eigenvalue weighted by Crippen LogP contribution is 2.55. The summed E-state index contributed by atoms with van der Waals surface area (Å²) in [5.74, 6) is -1.25. The summed E-state index contributed by atoms with van der Waals surface area (Å²) in [6.07, 6.45) is 1.21. The van der Waals surface area contributed by atoms with Crippen LogP contribution in [0.1, 0.15) is 67.2 Å². The molecule has 0 N–H and O–H groups in total. The van der Waals surface area contributed by atoms with Crippen molar-refractivity contribution >= 4 is 7.82 Å². The molecule has 0 aromatic heterocycles. The van der Waals surface area contributed by atoms with Crippen molar-refractivity contribution < 1.29 is 37.1 Å². The lowest BCUT2D eigenvalue weighted by Crippen LogP contribution is -2.40. The van der Waals surface area contributed by atoms with E-state index in [1.54, 1.807) is 13.8 Å². The molecule has 0 aliphatic heterocycles. The molecule has 27 heavy (non-hydrogen) atoms. The normalized spacial score (nSPS) is 18.6. The summed E-state index contributed by atoms with van der Waals surface area (Å²) in [6, 6.07) is 0. The van der Waals surface area contributed by atoms with Gasteiger partial charge in [0.15, 0.2) is 12.6 Å². The standard InChI is InChI=1S/C18H39O8P/c1-8-12-21-16(5)24-27(19,25-17(6)22-13-9-2)26-18(11-4,15-20-7)23-14-10-3/h16-17H,8-15H2,1-7H3. The Morgan fingerprint density at radius 1 is 0.852 bits per heavy atom. The van der Waals surface area contributed by atoms with Gasteiger partial charge in [0.1, 0.15) is 6.61 Å². The molecule has 0 spiro atoms. The van der Waals surface area contributed by atoms with E-state index >= 15 is 0 Å². The lowest BCUT2D eigenvalue weighted by molar-refractivity contribution is -0.232. The Labute approximate surface area is 164 Å². The van der Waals surface area contributed by atoms with E-state index in [2.05, 4.69) is 0 Å². The van der Waals surface area contributed by atoms with Gasteiger partial charge in [-0.3, -0.25) is 13.6 Å². The minimum atomic E-state index is -4.07. The van der Waals surface area contributed by atoms with E-state index in [1.807, 2.05) is 27.7 Å². The zero-order valence-corrected chi connectivity index (χ0v) is 18.9. The number of hydrogen-bond donors (Lipinski definition) is 0. The summed E-state index contributed by atoms with van der Waals surface area (Å²) in [7, 11) is -2.55. The van der Waals surface area contributed by atoms with E-state index in [0.29, 0.717) is 26.2 Å². The Balaban J connectivity index is 5.39. The van der Waals surface area contributed by atoms with Crippen molar-refractivity contribution in [3.05, 3.63) is 0 Å². The molecule has 0 heterocycles. The zero-order chi connectivity index (χ0) is 20.8. The largest absolute Gasteiger partial charge is 0.482 e. The van der Waals surface area contributed by atoms with E-state index in [1.165, 1.54) is 7.11 Å². The lowest BCUT2D eigenvalue weighted by atomic mass is 10.2. The summed E-state index contributed by atoms with van der Waals surface area (Å²) in [6.45, 7) is 12.5. The lowest BCUT2D eigenvalue weighted by Gasteiger charge is -2.35. The van der Waals surface area contributed by atoms with Gasteiger partial charge < -0.3 is 18.9 Å². The molecule has 3 unspecified atom stereocenters.